The van der Waals surface area contributed by atoms with E-state index in [4.69, 9.17) is 4.74 Å². The minimum atomic E-state index is -0.387. The van der Waals surface area contributed by atoms with E-state index >= 15 is 0 Å². The highest BCUT2D eigenvalue weighted by Gasteiger charge is 2.34. The van der Waals surface area contributed by atoms with Crippen molar-refractivity contribution >= 4 is 39.2 Å². The molecule has 1 aliphatic rings. The molecule has 0 radical (unpaired) electrons. The maximum atomic E-state index is 12.8. The summed E-state index contributed by atoms with van der Waals surface area (Å²) < 4.78 is 5.18. The van der Waals surface area contributed by atoms with E-state index in [-0.39, 0.29) is 24.2 Å². The van der Waals surface area contributed by atoms with Crippen molar-refractivity contribution in [1.29, 1.82) is 0 Å². The van der Waals surface area contributed by atoms with Crippen LogP contribution in [-0.2, 0) is 22.4 Å². The van der Waals surface area contributed by atoms with Gasteiger partial charge >= 0.3 is 0 Å². The molecule has 2 N–H and O–H groups in total. The average molecular weight is 490 g/mol. The molecule has 0 bridgehead atoms. The summed E-state index contributed by atoms with van der Waals surface area (Å²) in [6, 6.07) is 14.1. The number of rotatable bonds is 8. The van der Waals surface area contributed by atoms with Gasteiger partial charge in [-0.2, -0.15) is 0 Å². The first-order valence-corrected chi connectivity index (χ1v) is 12.4. The van der Waals surface area contributed by atoms with Gasteiger partial charge in [0, 0.05) is 43.0 Å². The van der Waals surface area contributed by atoms with Crippen LogP contribution in [0, 0.1) is 12.8 Å². The standard InChI is InChI=1S/C26H27N5O3S/c1-16-3-8-22-21(11-16)18(14-27-22)9-10-31-15-19(13-24(31)32)25(33)28-26-30-29-23(35-26)12-17-4-6-20(34-2)7-5-17/h3-8,11,14,19,27H,9-10,12-13,15H2,1-2H3,(H,28,30,33)/t19-/m1/s1. The van der Waals surface area contributed by atoms with Gasteiger partial charge in [0.2, 0.25) is 16.9 Å². The number of likely N-dealkylation sites (tertiary alicyclic amines) is 1. The first-order chi connectivity index (χ1) is 17.0. The number of nitrogens with one attached hydrogen (secondary N) is 2. The molecular formula is C26H27N5O3S. The molecule has 0 spiro atoms. The Balaban J connectivity index is 1.15. The van der Waals surface area contributed by atoms with Gasteiger partial charge in [0.15, 0.2) is 0 Å². The van der Waals surface area contributed by atoms with Gasteiger partial charge in [-0.05, 0) is 48.7 Å². The van der Waals surface area contributed by atoms with E-state index in [2.05, 4.69) is 45.6 Å². The highest BCUT2D eigenvalue weighted by atomic mass is 32.1. The summed E-state index contributed by atoms with van der Waals surface area (Å²) in [6.07, 6.45) is 3.60. The number of ether oxygens (including phenoxy) is 1. The van der Waals surface area contributed by atoms with E-state index in [1.807, 2.05) is 30.5 Å². The number of hydrogen-bond acceptors (Lipinski definition) is 6. The Morgan fingerprint density at radius 3 is 2.86 bits per heavy atom. The number of anilines is 1. The Hall–Kier alpha value is -3.72. The molecule has 4 aromatic rings. The number of carbonyl (C=O) groups is 2. The van der Waals surface area contributed by atoms with Crippen LogP contribution in [0.3, 0.4) is 0 Å². The Morgan fingerprint density at radius 1 is 1.23 bits per heavy atom. The van der Waals surface area contributed by atoms with Crippen LogP contribution in [0.1, 0.15) is 28.1 Å². The lowest BCUT2D eigenvalue weighted by Crippen LogP contribution is -2.30. The van der Waals surface area contributed by atoms with E-state index in [1.165, 1.54) is 27.8 Å². The van der Waals surface area contributed by atoms with E-state index < -0.39 is 0 Å². The quantitative estimate of drug-likeness (QED) is 0.390. The number of amides is 2. The fourth-order valence-corrected chi connectivity index (χ4v) is 5.20. The summed E-state index contributed by atoms with van der Waals surface area (Å²) >= 11 is 1.35. The van der Waals surface area contributed by atoms with Gasteiger partial charge in [-0.3, -0.25) is 9.59 Å². The number of carbonyl (C=O) groups excluding carboxylic acids is 2. The van der Waals surface area contributed by atoms with Gasteiger partial charge in [-0.1, -0.05) is 35.1 Å². The molecule has 0 saturated carbocycles. The fraction of sp³-hybridized carbons (Fsp3) is 0.308. The zero-order valence-corrected chi connectivity index (χ0v) is 20.5. The zero-order chi connectivity index (χ0) is 24.4. The molecule has 0 aliphatic carbocycles. The van der Waals surface area contributed by atoms with Crippen LogP contribution in [0.25, 0.3) is 10.9 Å². The number of aryl methyl sites for hydroxylation is 1. The van der Waals surface area contributed by atoms with Crippen molar-refractivity contribution in [3.05, 3.63) is 70.4 Å². The Morgan fingerprint density at radius 2 is 2.06 bits per heavy atom. The summed E-state index contributed by atoms with van der Waals surface area (Å²) in [7, 11) is 1.64. The minimum absolute atomic E-state index is 0.0126. The summed E-state index contributed by atoms with van der Waals surface area (Å²) in [5.74, 6) is 0.242. The number of fused-ring (bicyclic) bond motifs is 1. The highest BCUT2D eigenvalue weighted by Crippen LogP contribution is 2.25. The monoisotopic (exact) mass is 489 g/mol. The third-order valence-corrected chi connectivity index (χ3v) is 7.21. The average Bonchev–Trinajstić information content (AvgIpc) is 3.57. The first kappa shape index (κ1) is 23.0. The molecule has 2 amide bonds. The molecule has 3 heterocycles. The molecule has 2 aromatic heterocycles. The molecule has 2 aromatic carbocycles. The predicted molar refractivity (Wildman–Crippen MR) is 136 cm³/mol. The van der Waals surface area contributed by atoms with Gasteiger partial charge in [0.05, 0.1) is 13.0 Å². The van der Waals surface area contributed by atoms with Crippen molar-refractivity contribution in [3.63, 3.8) is 0 Å². The van der Waals surface area contributed by atoms with Crippen LogP contribution in [0.2, 0.25) is 0 Å². The molecule has 1 atom stereocenters. The summed E-state index contributed by atoms with van der Waals surface area (Å²) in [4.78, 5) is 30.5. The Kier molecular flexibility index (Phi) is 6.50. The van der Waals surface area contributed by atoms with Crippen LogP contribution in [0.4, 0.5) is 5.13 Å². The summed E-state index contributed by atoms with van der Waals surface area (Å²) in [6.45, 7) is 3.08. The number of H-pyrrole nitrogens is 1. The van der Waals surface area contributed by atoms with Crippen LogP contribution in [-0.4, -0.2) is 52.1 Å². The number of hydrogen-bond donors (Lipinski definition) is 2. The number of aromatic amines is 1. The third-order valence-electron chi connectivity index (χ3n) is 6.37. The lowest BCUT2D eigenvalue weighted by molar-refractivity contribution is -0.128. The van der Waals surface area contributed by atoms with Crippen molar-refractivity contribution < 1.29 is 14.3 Å². The van der Waals surface area contributed by atoms with Gasteiger partial charge in [0.25, 0.3) is 0 Å². The lowest BCUT2D eigenvalue weighted by Gasteiger charge is -2.16. The molecular weight excluding hydrogens is 462 g/mol. The maximum Gasteiger partial charge on any atom is 0.231 e. The normalized spacial score (nSPS) is 15.7. The third kappa shape index (κ3) is 5.19. The van der Waals surface area contributed by atoms with Crippen LogP contribution in [0.15, 0.2) is 48.7 Å². The van der Waals surface area contributed by atoms with Crippen LogP contribution in [0.5, 0.6) is 5.75 Å². The SMILES string of the molecule is COc1ccc(Cc2nnc(NC(=O)[C@@H]3CC(=O)N(CCc4c[nH]c5ccc(C)cc45)C3)s2)cc1. The first-order valence-electron chi connectivity index (χ1n) is 11.6. The maximum absolute atomic E-state index is 12.8. The lowest BCUT2D eigenvalue weighted by atomic mass is 10.1. The molecule has 8 nitrogen and oxygen atoms in total. The van der Waals surface area contributed by atoms with Crippen molar-refractivity contribution in [2.75, 3.05) is 25.5 Å². The van der Waals surface area contributed by atoms with Crippen LogP contribution < -0.4 is 10.1 Å². The largest absolute Gasteiger partial charge is 0.497 e. The predicted octanol–water partition coefficient (Wildman–Crippen LogP) is 3.96. The smallest absolute Gasteiger partial charge is 0.231 e. The molecule has 5 rings (SSSR count). The van der Waals surface area contributed by atoms with Crippen molar-refractivity contribution in [1.82, 2.24) is 20.1 Å². The molecule has 1 saturated heterocycles. The van der Waals surface area contributed by atoms with Gasteiger partial charge in [-0.25, -0.2) is 0 Å². The fourth-order valence-electron chi connectivity index (χ4n) is 4.42. The van der Waals surface area contributed by atoms with E-state index in [1.54, 1.807) is 12.0 Å². The zero-order valence-electron chi connectivity index (χ0n) is 19.7. The Bertz CT molecular complexity index is 1360. The molecule has 9 heteroatoms. The molecule has 0 unspecified atom stereocenters. The second-order valence-corrected chi connectivity index (χ2v) is 9.93. The van der Waals surface area contributed by atoms with Crippen molar-refractivity contribution in [2.45, 2.75) is 26.2 Å². The number of nitrogens with zero attached hydrogens (tertiary/aromatic N) is 3. The number of benzene rings is 2. The topological polar surface area (TPSA) is 100 Å². The van der Waals surface area contributed by atoms with Gasteiger partial charge in [-0.15, -0.1) is 10.2 Å². The van der Waals surface area contributed by atoms with Crippen molar-refractivity contribution in [3.8, 4) is 5.75 Å². The second kappa shape index (κ2) is 9.87. The van der Waals surface area contributed by atoms with E-state index in [0.717, 1.165) is 28.3 Å². The second-order valence-electron chi connectivity index (χ2n) is 8.87. The van der Waals surface area contributed by atoms with Gasteiger partial charge < -0.3 is 19.9 Å². The van der Waals surface area contributed by atoms with E-state index in [0.29, 0.717) is 24.6 Å². The summed E-state index contributed by atoms with van der Waals surface area (Å²) in [5.41, 5.74) is 4.57. The van der Waals surface area contributed by atoms with Crippen molar-refractivity contribution in [2.24, 2.45) is 5.92 Å². The van der Waals surface area contributed by atoms with Gasteiger partial charge in [0.1, 0.15) is 10.8 Å². The number of aromatic nitrogens is 3. The molecule has 1 aliphatic heterocycles. The van der Waals surface area contributed by atoms with Crippen LogP contribution >= 0.6 is 11.3 Å². The highest BCUT2D eigenvalue weighted by molar-refractivity contribution is 7.15. The molecule has 1 fully saturated rings. The number of methoxy groups -OCH3 is 1. The van der Waals surface area contributed by atoms with E-state index in [9.17, 15) is 9.59 Å². The summed E-state index contributed by atoms with van der Waals surface area (Å²) in [5, 5.41) is 13.6. The molecule has 35 heavy (non-hydrogen) atoms. The minimum Gasteiger partial charge on any atom is -0.497 e. The Labute approximate surface area is 207 Å². The molecule has 180 valence electrons.